The summed E-state index contributed by atoms with van der Waals surface area (Å²) in [5, 5.41) is 15.5. The third-order valence-electron chi connectivity index (χ3n) is 3.31. The highest BCUT2D eigenvalue weighted by molar-refractivity contribution is 8.26. The summed E-state index contributed by atoms with van der Waals surface area (Å²) in [5.74, 6) is -0.284. The maximum Gasteiger partial charge on any atom is 0.283 e. The number of nitrogens with zero attached hydrogens (tertiary/aromatic N) is 3. The number of amides is 1. The SMILES string of the molecule is CCCC1=NN2C(=N)/C(=C\c3cccc(C)c3)C(=O)N=C2S1. The van der Waals surface area contributed by atoms with Crippen LogP contribution in [-0.4, -0.2) is 27.0 Å². The Morgan fingerprint density at radius 3 is 2.95 bits per heavy atom. The van der Waals surface area contributed by atoms with E-state index in [0.717, 1.165) is 29.0 Å². The first kappa shape index (κ1) is 14.7. The van der Waals surface area contributed by atoms with Crippen molar-refractivity contribution in [2.45, 2.75) is 26.7 Å². The molecule has 0 atom stereocenters. The molecule has 2 aliphatic heterocycles. The van der Waals surface area contributed by atoms with E-state index < -0.39 is 0 Å². The highest BCUT2D eigenvalue weighted by Crippen LogP contribution is 2.29. The normalized spacial score (nSPS) is 19.4. The molecular weight excluding hydrogens is 296 g/mol. The molecule has 1 amide bonds. The number of amidine groups is 2. The van der Waals surface area contributed by atoms with Gasteiger partial charge in [-0.15, -0.1) is 0 Å². The number of carbonyl (C=O) groups is 1. The molecule has 1 aromatic carbocycles. The van der Waals surface area contributed by atoms with Crippen molar-refractivity contribution >= 4 is 39.8 Å². The molecule has 1 aromatic rings. The van der Waals surface area contributed by atoms with E-state index >= 15 is 0 Å². The summed E-state index contributed by atoms with van der Waals surface area (Å²) in [7, 11) is 0. The Labute approximate surface area is 133 Å². The third kappa shape index (κ3) is 2.74. The van der Waals surface area contributed by atoms with Gasteiger partial charge in [-0.25, -0.2) is 0 Å². The first-order chi connectivity index (χ1) is 10.6. The van der Waals surface area contributed by atoms with Crippen molar-refractivity contribution in [3.05, 3.63) is 41.0 Å². The molecule has 112 valence electrons. The van der Waals surface area contributed by atoms with Gasteiger partial charge in [0.1, 0.15) is 5.04 Å². The number of thioether (sulfide) groups is 1. The third-order valence-corrected chi connectivity index (χ3v) is 4.28. The van der Waals surface area contributed by atoms with Gasteiger partial charge in [0, 0.05) is 0 Å². The zero-order chi connectivity index (χ0) is 15.7. The molecule has 0 fully saturated rings. The lowest BCUT2D eigenvalue weighted by Gasteiger charge is -2.20. The Bertz CT molecular complexity index is 748. The van der Waals surface area contributed by atoms with Crippen molar-refractivity contribution in [2.75, 3.05) is 0 Å². The van der Waals surface area contributed by atoms with Crippen LogP contribution in [0.4, 0.5) is 0 Å². The molecule has 5 nitrogen and oxygen atoms in total. The topological polar surface area (TPSA) is 68.9 Å². The lowest BCUT2D eigenvalue weighted by atomic mass is 10.1. The van der Waals surface area contributed by atoms with E-state index in [4.69, 9.17) is 5.41 Å². The Morgan fingerprint density at radius 2 is 2.23 bits per heavy atom. The predicted octanol–water partition coefficient (Wildman–Crippen LogP) is 3.41. The summed E-state index contributed by atoms with van der Waals surface area (Å²) in [6, 6.07) is 7.79. The van der Waals surface area contributed by atoms with E-state index in [9.17, 15) is 4.79 Å². The van der Waals surface area contributed by atoms with Gasteiger partial charge in [0.15, 0.2) is 5.84 Å². The zero-order valence-electron chi connectivity index (χ0n) is 12.5. The number of aliphatic imine (C=N–C) groups is 1. The van der Waals surface area contributed by atoms with E-state index in [1.54, 1.807) is 6.08 Å². The van der Waals surface area contributed by atoms with Crippen LogP contribution < -0.4 is 0 Å². The molecular formula is C16H16N4OS. The van der Waals surface area contributed by atoms with Gasteiger partial charge in [0.2, 0.25) is 5.17 Å². The van der Waals surface area contributed by atoms with Crippen LogP contribution in [-0.2, 0) is 4.79 Å². The molecule has 0 aromatic heterocycles. The molecule has 0 bridgehead atoms. The van der Waals surface area contributed by atoms with Crippen LogP contribution in [0.3, 0.4) is 0 Å². The second-order valence-electron chi connectivity index (χ2n) is 5.18. The summed E-state index contributed by atoms with van der Waals surface area (Å²) >= 11 is 1.37. The second-order valence-corrected chi connectivity index (χ2v) is 6.22. The van der Waals surface area contributed by atoms with Crippen molar-refractivity contribution in [3.8, 4) is 0 Å². The highest BCUT2D eigenvalue weighted by atomic mass is 32.2. The van der Waals surface area contributed by atoms with Gasteiger partial charge in [-0.05, 0) is 43.2 Å². The van der Waals surface area contributed by atoms with Crippen LogP contribution in [0.5, 0.6) is 0 Å². The van der Waals surface area contributed by atoms with Crippen molar-refractivity contribution in [3.63, 3.8) is 0 Å². The smallest absolute Gasteiger partial charge is 0.282 e. The minimum atomic E-state index is -0.377. The predicted molar refractivity (Wildman–Crippen MR) is 91.1 cm³/mol. The first-order valence-electron chi connectivity index (χ1n) is 7.14. The van der Waals surface area contributed by atoms with Crippen molar-refractivity contribution < 1.29 is 4.79 Å². The minimum Gasteiger partial charge on any atom is -0.282 e. The zero-order valence-corrected chi connectivity index (χ0v) is 13.3. The molecule has 0 aliphatic carbocycles. The summed E-state index contributed by atoms with van der Waals surface area (Å²) in [6.45, 7) is 4.06. The van der Waals surface area contributed by atoms with E-state index in [0.29, 0.717) is 5.17 Å². The number of rotatable bonds is 3. The standard InChI is InChI=1S/C16H16N4OS/c1-3-5-13-19-20-14(17)12(15(21)18-16(20)22-13)9-11-7-4-6-10(2)8-11/h4,6-9,17H,3,5H2,1-2H3/b12-9+,17-14?. The van der Waals surface area contributed by atoms with Gasteiger partial charge in [-0.1, -0.05) is 36.8 Å². The molecule has 2 aliphatic rings. The molecule has 3 rings (SSSR count). The molecule has 0 unspecified atom stereocenters. The number of fused-ring (bicyclic) bond motifs is 1. The lowest BCUT2D eigenvalue weighted by molar-refractivity contribution is -0.114. The number of nitrogens with one attached hydrogen (secondary N) is 1. The fourth-order valence-electron chi connectivity index (χ4n) is 2.27. The minimum absolute atomic E-state index is 0.0927. The summed E-state index contributed by atoms with van der Waals surface area (Å²) < 4.78 is 0. The molecule has 0 spiro atoms. The molecule has 22 heavy (non-hydrogen) atoms. The quantitative estimate of drug-likeness (QED) is 0.870. The van der Waals surface area contributed by atoms with Crippen LogP contribution >= 0.6 is 11.8 Å². The fourth-order valence-corrected chi connectivity index (χ4v) is 3.26. The number of hydrazone groups is 1. The first-order valence-corrected chi connectivity index (χ1v) is 7.96. The largest absolute Gasteiger partial charge is 0.283 e. The van der Waals surface area contributed by atoms with Gasteiger partial charge in [0.05, 0.1) is 5.57 Å². The van der Waals surface area contributed by atoms with Gasteiger partial charge in [-0.3, -0.25) is 10.2 Å². The molecule has 6 heteroatoms. The van der Waals surface area contributed by atoms with Crippen molar-refractivity contribution in [1.29, 1.82) is 5.41 Å². The van der Waals surface area contributed by atoms with E-state index in [-0.39, 0.29) is 17.3 Å². The summed E-state index contributed by atoms with van der Waals surface area (Å²) in [6.07, 6.45) is 3.51. The maximum atomic E-state index is 12.2. The molecule has 1 N–H and O–H groups in total. The number of hydrogen-bond donors (Lipinski definition) is 1. The van der Waals surface area contributed by atoms with Crippen LogP contribution in [0.2, 0.25) is 0 Å². The van der Waals surface area contributed by atoms with Gasteiger partial charge >= 0.3 is 0 Å². The lowest BCUT2D eigenvalue weighted by Crippen LogP contribution is -2.35. The average Bonchev–Trinajstić information content (AvgIpc) is 2.87. The van der Waals surface area contributed by atoms with E-state index in [1.165, 1.54) is 16.8 Å². The number of aryl methyl sites for hydroxylation is 1. The Morgan fingerprint density at radius 1 is 1.41 bits per heavy atom. The Hall–Kier alpha value is -2.21. The average molecular weight is 312 g/mol. The van der Waals surface area contributed by atoms with Gasteiger partial charge in [-0.2, -0.15) is 15.1 Å². The van der Waals surface area contributed by atoms with Crippen LogP contribution in [0.15, 0.2) is 39.9 Å². The van der Waals surface area contributed by atoms with Gasteiger partial charge < -0.3 is 0 Å². The van der Waals surface area contributed by atoms with Crippen LogP contribution in [0.1, 0.15) is 30.9 Å². The molecule has 0 radical (unpaired) electrons. The molecule has 0 saturated heterocycles. The summed E-state index contributed by atoms with van der Waals surface area (Å²) in [4.78, 5) is 16.3. The Kier molecular flexibility index (Phi) is 3.94. The molecule has 0 saturated carbocycles. The van der Waals surface area contributed by atoms with E-state index in [2.05, 4.69) is 17.0 Å². The van der Waals surface area contributed by atoms with E-state index in [1.807, 2.05) is 31.2 Å². The highest BCUT2D eigenvalue weighted by Gasteiger charge is 2.35. The number of hydrogen-bond acceptors (Lipinski definition) is 4. The van der Waals surface area contributed by atoms with Crippen LogP contribution in [0, 0.1) is 12.3 Å². The monoisotopic (exact) mass is 312 g/mol. The van der Waals surface area contributed by atoms with Gasteiger partial charge in [0.25, 0.3) is 5.91 Å². The Balaban J connectivity index is 1.95. The number of benzene rings is 1. The molecule has 2 heterocycles. The maximum absolute atomic E-state index is 12.2. The number of carbonyl (C=O) groups excluding carboxylic acids is 1. The van der Waals surface area contributed by atoms with Crippen molar-refractivity contribution in [1.82, 2.24) is 5.01 Å². The summed E-state index contributed by atoms with van der Waals surface area (Å²) in [5.41, 5.74) is 2.26. The van der Waals surface area contributed by atoms with Crippen molar-refractivity contribution in [2.24, 2.45) is 10.1 Å². The van der Waals surface area contributed by atoms with Crippen LogP contribution in [0.25, 0.3) is 6.08 Å². The second kappa shape index (κ2) is 5.88. The fraction of sp³-hybridized carbons (Fsp3) is 0.250.